The lowest BCUT2D eigenvalue weighted by atomic mass is 9.75. The van der Waals surface area contributed by atoms with Gasteiger partial charge in [-0.3, -0.25) is 4.79 Å². The Labute approximate surface area is 120 Å². The molecule has 116 valence electrons. The molecule has 0 aromatic heterocycles. The molecule has 3 nitrogen and oxygen atoms in total. The van der Waals surface area contributed by atoms with Gasteiger partial charge in [-0.15, -0.1) is 0 Å². The monoisotopic (exact) mass is 273 g/mol. The van der Waals surface area contributed by atoms with Gasteiger partial charge >= 0.3 is 0 Å². The molecule has 0 bridgehead atoms. The maximum absolute atomic E-state index is 12.5. The second-order valence-corrected chi connectivity index (χ2v) is 6.31. The minimum Gasteiger partial charge on any atom is -0.372 e. The third kappa shape index (κ3) is 5.52. The largest absolute Gasteiger partial charge is 0.372 e. The highest BCUT2D eigenvalue weighted by molar-refractivity contribution is 5.83. The Kier molecular flexibility index (Phi) is 8.61. The van der Waals surface area contributed by atoms with E-state index in [1.54, 1.807) is 4.90 Å². The number of nitrogens with zero attached hydrogens (tertiary/aromatic N) is 1. The zero-order chi connectivity index (χ0) is 16.0. The van der Waals surface area contributed by atoms with Crippen LogP contribution in [0.5, 0.6) is 0 Å². The van der Waals surface area contributed by atoms with Crippen LogP contribution in [0, 0.1) is 5.41 Å². The van der Waals surface area contributed by atoms with E-state index in [4.69, 9.17) is 4.74 Å². The smallest absolute Gasteiger partial charge is 0.231 e. The summed E-state index contributed by atoms with van der Waals surface area (Å²) >= 11 is 0. The first-order valence-corrected chi connectivity index (χ1v) is 7.38. The van der Waals surface area contributed by atoms with E-state index in [-0.39, 0.29) is 18.1 Å². The third-order valence-corrected chi connectivity index (χ3v) is 3.67. The lowest BCUT2D eigenvalue weighted by Crippen LogP contribution is -2.54. The highest BCUT2D eigenvalue weighted by Gasteiger charge is 2.46. The van der Waals surface area contributed by atoms with Gasteiger partial charge in [0.05, 0.1) is 17.1 Å². The molecule has 1 amide bonds. The van der Waals surface area contributed by atoms with Crippen molar-refractivity contribution in [2.45, 2.75) is 87.0 Å². The van der Waals surface area contributed by atoms with E-state index < -0.39 is 11.0 Å². The lowest BCUT2D eigenvalue weighted by Gasteiger charge is -2.43. The molecule has 0 N–H and O–H groups in total. The van der Waals surface area contributed by atoms with Crippen LogP contribution in [0.2, 0.25) is 0 Å². The molecule has 0 unspecified atom stereocenters. The van der Waals surface area contributed by atoms with Crippen molar-refractivity contribution >= 4 is 5.91 Å². The summed E-state index contributed by atoms with van der Waals surface area (Å²) in [4.78, 5) is 14.3. The van der Waals surface area contributed by atoms with Gasteiger partial charge in [-0.1, -0.05) is 13.8 Å². The fraction of sp³-hybridized carbons (Fsp3) is 0.938. The summed E-state index contributed by atoms with van der Waals surface area (Å²) in [6, 6.07) is 0.205. The summed E-state index contributed by atoms with van der Waals surface area (Å²) in [5.74, 6) is 0.123. The molecule has 0 saturated heterocycles. The Bertz CT molecular complexity index is 268. The van der Waals surface area contributed by atoms with E-state index in [0.29, 0.717) is 0 Å². The Hall–Kier alpha value is -0.570. The van der Waals surface area contributed by atoms with Crippen LogP contribution >= 0.6 is 0 Å². The highest BCUT2D eigenvalue weighted by Crippen LogP contribution is 2.36. The minimum atomic E-state index is -0.545. The first kappa shape index (κ1) is 20.7. The van der Waals surface area contributed by atoms with Gasteiger partial charge in [0, 0.05) is 13.1 Å². The van der Waals surface area contributed by atoms with Crippen LogP contribution in [0.25, 0.3) is 0 Å². The molecule has 0 heterocycles. The molecule has 0 aromatic rings. The fourth-order valence-corrected chi connectivity index (χ4v) is 1.67. The fourth-order valence-electron chi connectivity index (χ4n) is 1.67. The Morgan fingerprint density at radius 3 is 1.63 bits per heavy atom. The van der Waals surface area contributed by atoms with Crippen LogP contribution in [0.3, 0.4) is 0 Å². The van der Waals surface area contributed by atoms with Crippen molar-refractivity contribution in [3.8, 4) is 0 Å². The van der Waals surface area contributed by atoms with Crippen LogP contribution < -0.4 is 0 Å². The second-order valence-electron chi connectivity index (χ2n) is 6.31. The quantitative estimate of drug-likeness (QED) is 0.754. The average Bonchev–Trinajstić information content (AvgIpc) is 2.27. The lowest BCUT2D eigenvalue weighted by molar-refractivity contribution is -0.168. The molecular weight excluding hydrogens is 238 g/mol. The minimum absolute atomic E-state index is 0.112. The zero-order valence-corrected chi connectivity index (χ0v) is 14.9. The standard InChI is InChI=1S/C14H29NO2.C2H6/c1-10(2)15(9)12(16)13(5,6)14(7,8)17-11(3)4;1-2/h10-11H,1-9H3;1-2H3. The van der Waals surface area contributed by atoms with Gasteiger partial charge in [0.25, 0.3) is 0 Å². The van der Waals surface area contributed by atoms with E-state index in [1.807, 2.05) is 76.3 Å². The number of hydrogen-bond donors (Lipinski definition) is 0. The number of amides is 1. The molecule has 0 atom stereocenters. The van der Waals surface area contributed by atoms with E-state index in [1.165, 1.54) is 0 Å². The van der Waals surface area contributed by atoms with Gasteiger partial charge < -0.3 is 9.64 Å². The van der Waals surface area contributed by atoms with Crippen LogP contribution in [0.1, 0.15) is 69.2 Å². The van der Waals surface area contributed by atoms with Crippen LogP contribution in [0.4, 0.5) is 0 Å². The first-order valence-electron chi connectivity index (χ1n) is 7.38. The molecule has 0 rings (SSSR count). The van der Waals surface area contributed by atoms with Gasteiger partial charge in [0.1, 0.15) is 0 Å². The molecular formula is C16H35NO2. The molecule has 0 radical (unpaired) electrons. The summed E-state index contributed by atoms with van der Waals surface area (Å²) in [5, 5.41) is 0. The van der Waals surface area contributed by atoms with E-state index in [2.05, 4.69) is 0 Å². The summed E-state index contributed by atoms with van der Waals surface area (Å²) in [7, 11) is 1.85. The molecule has 0 aliphatic rings. The summed E-state index contributed by atoms with van der Waals surface area (Å²) in [5.41, 5.74) is -1.03. The predicted molar refractivity (Wildman–Crippen MR) is 83.3 cm³/mol. The van der Waals surface area contributed by atoms with Crippen molar-refractivity contribution in [1.29, 1.82) is 0 Å². The van der Waals surface area contributed by atoms with E-state index in [0.717, 1.165) is 0 Å². The molecule has 3 heteroatoms. The third-order valence-electron chi connectivity index (χ3n) is 3.67. The van der Waals surface area contributed by atoms with Crippen LogP contribution in [0.15, 0.2) is 0 Å². The normalized spacial score (nSPS) is 12.3. The predicted octanol–water partition coefficient (Wildman–Crippen LogP) is 4.11. The molecule has 19 heavy (non-hydrogen) atoms. The van der Waals surface area contributed by atoms with Gasteiger partial charge in [0.2, 0.25) is 5.91 Å². The van der Waals surface area contributed by atoms with Gasteiger partial charge in [-0.2, -0.15) is 0 Å². The summed E-state index contributed by atoms with van der Waals surface area (Å²) < 4.78 is 5.91. The molecule has 0 fully saturated rings. The highest BCUT2D eigenvalue weighted by atomic mass is 16.5. The maximum atomic E-state index is 12.5. The van der Waals surface area contributed by atoms with Crippen molar-refractivity contribution < 1.29 is 9.53 Å². The Morgan fingerprint density at radius 2 is 1.37 bits per heavy atom. The molecule has 0 saturated carbocycles. The van der Waals surface area contributed by atoms with Crippen molar-refractivity contribution in [2.75, 3.05) is 7.05 Å². The van der Waals surface area contributed by atoms with Crippen LogP contribution in [-0.4, -0.2) is 35.6 Å². The molecule has 0 spiro atoms. The number of carbonyl (C=O) groups is 1. The Balaban J connectivity index is 0. The second kappa shape index (κ2) is 7.88. The molecule has 0 aliphatic heterocycles. The average molecular weight is 273 g/mol. The first-order chi connectivity index (χ1) is 8.43. The number of hydrogen-bond acceptors (Lipinski definition) is 2. The van der Waals surface area contributed by atoms with Gasteiger partial charge in [-0.25, -0.2) is 0 Å². The van der Waals surface area contributed by atoms with Crippen molar-refractivity contribution in [1.82, 2.24) is 4.90 Å². The zero-order valence-electron chi connectivity index (χ0n) is 14.9. The maximum Gasteiger partial charge on any atom is 0.231 e. The van der Waals surface area contributed by atoms with Gasteiger partial charge in [0.15, 0.2) is 0 Å². The molecule has 0 aromatic carbocycles. The molecule has 0 aliphatic carbocycles. The summed E-state index contributed by atoms with van der Waals surface area (Å²) in [6.45, 7) is 19.9. The van der Waals surface area contributed by atoms with E-state index >= 15 is 0 Å². The summed E-state index contributed by atoms with van der Waals surface area (Å²) in [6.07, 6.45) is 0.112. The van der Waals surface area contributed by atoms with Crippen molar-refractivity contribution in [2.24, 2.45) is 5.41 Å². The topological polar surface area (TPSA) is 29.5 Å². The van der Waals surface area contributed by atoms with Crippen molar-refractivity contribution in [3.63, 3.8) is 0 Å². The number of rotatable bonds is 5. The number of carbonyl (C=O) groups excluding carboxylic acids is 1. The van der Waals surface area contributed by atoms with Crippen LogP contribution in [-0.2, 0) is 9.53 Å². The van der Waals surface area contributed by atoms with E-state index in [9.17, 15) is 4.79 Å². The van der Waals surface area contributed by atoms with Gasteiger partial charge in [-0.05, 0) is 55.4 Å². The SMILES string of the molecule is CC.CC(C)OC(C)(C)C(C)(C)C(=O)N(C)C(C)C. The Morgan fingerprint density at radius 1 is 1.00 bits per heavy atom. The van der Waals surface area contributed by atoms with Crippen molar-refractivity contribution in [3.05, 3.63) is 0 Å². The number of ether oxygens (including phenoxy) is 1.